The molecule has 0 radical (unpaired) electrons. The summed E-state index contributed by atoms with van der Waals surface area (Å²) in [5, 5.41) is 0. The summed E-state index contributed by atoms with van der Waals surface area (Å²) < 4.78 is 5.24. The van der Waals surface area contributed by atoms with Gasteiger partial charge in [-0.05, 0) is 18.5 Å². The first-order chi connectivity index (χ1) is 8.31. The lowest BCUT2D eigenvalue weighted by Gasteiger charge is -2.30. The van der Waals surface area contributed by atoms with Crippen molar-refractivity contribution >= 4 is 0 Å². The fourth-order valence-electron chi connectivity index (χ4n) is 2.01. The molecule has 3 heteroatoms. The van der Waals surface area contributed by atoms with Crippen molar-refractivity contribution in [3.63, 3.8) is 0 Å². The molecule has 1 aromatic rings. The highest BCUT2D eigenvalue weighted by atomic mass is 16.5. The molecule has 1 aromatic carbocycles. The van der Waals surface area contributed by atoms with E-state index in [2.05, 4.69) is 36.1 Å². The molecule has 0 spiro atoms. The Morgan fingerprint density at radius 1 is 1.29 bits per heavy atom. The third-order valence-electron chi connectivity index (χ3n) is 2.89. The van der Waals surface area contributed by atoms with Crippen molar-refractivity contribution < 1.29 is 4.74 Å². The molecule has 1 atom stereocenters. The summed E-state index contributed by atoms with van der Waals surface area (Å²) in [6.07, 6.45) is 1.13. The molecule has 0 heterocycles. The molecule has 17 heavy (non-hydrogen) atoms. The number of hydrogen-bond acceptors (Lipinski definition) is 3. The third kappa shape index (κ3) is 4.86. The monoisotopic (exact) mass is 236 g/mol. The maximum absolute atomic E-state index is 5.82. The van der Waals surface area contributed by atoms with Crippen LogP contribution in [0.1, 0.15) is 18.9 Å². The summed E-state index contributed by atoms with van der Waals surface area (Å²) in [7, 11) is 1.73. The molecule has 0 fully saturated rings. The normalized spacial score (nSPS) is 12.9. The highest BCUT2D eigenvalue weighted by Crippen LogP contribution is 2.09. The molecule has 0 bridgehead atoms. The van der Waals surface area contributed by atoms with E-state index in [4.69, 9.17) is 10.5 Å². The lowest BCUT2D eigenvalue weighted by Crippen LogP contribution is -2.43. The lowest BCUT2D eigenvalue weighted by atomic mass is 10.1. The minimum atomic E-state index is 0.306. The van der Waals surface area contributed by atoms with E-state index in [1.54, 1.807) is 7.11 Å². The Labute approximate surface area is 105 Å². The number of nitrogens with zero attached hydrogens (tertiary/aromatic N) is 1. The molecule has 1 unspecified atom stereocenters. The average Bonchev–Trinajstić information content (AvgIpc) is 2.37. The molecule has 0 amide bonds. The van der Waals surface area contributed by atoms with Crippen molar-refractivity contribution in [1.82, 2.24) is 4.90 Å². The van der Waals surface area contributed by atoms with Crippen molar-refractivity contribution in [3.05, 3.63) is 35.9 Å². The fourth-order valence-corrected chi connectivity index (χ4v) is 2.01. The van der Waals surface area contributed by atoms with Crippen LogP contribution in [-0.4, -0.2) is 37.7 Å². The van der Waals surface area contributed by atoms with Gasteiger partial charge in [-0.3, -0.25) is 4.90 Å². The number of methoxy groups -OCH3 is 1. The van der Waals surface area contributed by atoms with Crippen LogP contribution in [0.2, 0.25) is 0 Å². The molecule has 0 saturated heterocycles. The van der Waals surface area contributed by atoms with Crippen LogP contribution in [0.5, 0.6) is 0 Å². The van der Waals surface area contributed by atoms with Gasteiger partial charge in [-0.1, -0.05) is 37.3 Å². The fraction of sp³-hybridized carbons (Fsp3) is 0.571. The predicted molar refractivity (Wildman–Crippen MR) is 71.9 cm³/mol. The van der Waals surface area contributed by atoms with Crippen LogP contribution in [0, 0.1) is 0 Å². The number of rotatable bonds is 8. The largest absolute Gasteiger partial charge is 0.383 e. The maximum atomic E-state index is 5.82. The van der Waals surface area contributed by atoms with Crippen molar-refractivity contribution in [1.29, 1.82) is 0 Å². The molecule has 3 nitrogen and oxygen atoms in total. The van der Waals surface area contributed by atoms with Gasteiger partial charge in [-0.25, -0.2) is 0 Å². The van der Waals surface area contributed by atoms with E-state index in [1.165, 1.54) is 5.56 Å². The van der Waals surface area contributed by atoms with Gasteiger partial charge in [-0.2, -0.15) is 0 Å². The van der Waals surface area contributed by atoms with Crippen LogP contribution in [0.3, 0.4) is 0 Å². The third-order valence-corrected chi connectivity index (χ3v) is 2.89. The van der Waals surface area contributed by atoms with Crippen molar-refractivity contribution in [2.45, 2.75) is 25.9 Å². The number of nitrogens with two attached hydrogens (primary N) is 1. The van der Waals surface area contributed by atoms with E-state index < -0.39 is 0 Å². The number of hydrogen-bond donors (Lipinski definition) is 1. The molecule has 0 aliphatic rings. The zero-order valence-corrected chi connectivity index (χ0v) is 10.9. The smallest absolute Gasteiger partial charge is 0.0630 e. The summed E-state index contributed by atoms with van der Waals surface area (Å²) in [6.45, 7) is 5.53. The number of benzene rings is 1. The Hall–Kier alpha value is -0.900. The summed E-state index contributed by atoms with van der Waals surface area (Å²) in [6, 6.07) is 10.8. The van der Waals surface area contributed by atoms with Crippen molar-refractivity contribution in [2.24, 2.45) is 5.73 Å². The molecular weight excluding hydrogens is 212 g/mol. The van der Waals surface area contributed by atoms with Crippen LogP contribution in [-0.2, 0) is 11.3 Å². The molecule has 0 aliphatic carbocycles. The van der Waals surface area contributed by atoms with E-state index in [0.29, 0.717) is 19.2 Å². The van der Waals surface area contributed by atoms with Crippen LogP contribution < -0.4 is 5.73 Å². The summed E-state index contributed by atoms with van der Waals surface area (Å²) in [5.74, 6) is 0. The topological polar surface area (TPSA) is 38.5 Å². The molecule has 0 aromatic heterocycles. The Morgan fingerprint density at radius 2 is 2.00 bits per heavy atom. The first-order valence-electron chi connectivity index (χ1n) is 6.28. The Kier molecular flexibility index (Phi) is 6.86. The van der Waals surface area contributed by atoms with Crippen LogP contribution >= 0.6 is 0 Å². The standard InChI is InChI=1S/C14H24N2O/c1-3-9-16(14(10-15)12-17-2)11-13-7-5-4-6-8-13/h4-8,14H,3,9-12,15H2,1-2H3. The molecular formula is C14H24N2O. The molecule has 0 aliphatic heterocycles. The summed E-state index contributed by atoms with van der Waals surface area (Å²) in [4.78, 5) is 2.40. The summed E-state index contributed by atoms with van der Waals surface area (Å²) >= 11 is 0. The van der Waals surface area contributed by atoms with Crippen LogP contribution in [0.15, 0.2) is 30.3 Å². The van der Waals surface area contributed by atoms with Gasteiger partial charge < -0.3 is 10.5 Å². The zero-order chi connectivity index (χ0) is 12.5. The van der Waals surface area contributed by atoms with Crippen molar-refractivity contribution in [3.8, 4) is 0 Å². The van der Waals surface area contributed by atoms with Gasteiger partial charge in [0.05, 0.1) is 6.61 Å². The highest BCUT2D eigenvalue weighted by molar-refractivity contribution is 5.14. The highest BCUT2D eigenvalue weighted by Gasteiger charge is 2.16. The van der Waals surface area contributed by atoms with Gasteiger partial charge in [0.15, 0.2) is 0 Å². The quantitative estimate of drug-likeness (QED) is 0.749. The maximum Gasteiger partial charge on any atom is 0.0630 e. The second kappa shape index (κ2) is 8.23. The molecule has 2 N–H and O–H groups in total. The van der Waals surface area contributed by atoms with Gasteiger partial charge >= 0.3 is 0 Å². The van der Waals surface area contributed by atoms with Crippen LogP contribution in [0.25, 0.3) is 0 Å². The van der Waals surface area contributed by atoms with E-state index in [1.807, 2.05) is 6.07 Å². The van der Waals surface area contributed by atoms with E-state index >= 15 is 0 Å². The molecule has 96 valence electrons. The number of ether oxygens (including phenoxy) is 1. The molecule has 0 saturated carbocycles. The Balaban J connectivity index is 2.64. The first kappa shape index (κ1) is 14.2. The van der Waals surface area contributed by atoms with Gasteiger partial charge in [-0.15, -0.1) is 0 Å². The second-order valence-corrected chi connectivity index (χ2v) is 4.30. The van der Waals surface area contributed by atoms with Gasteiger partial charge in [0.25, 0.3) is 0 Å². The van der Waals surface area contributed by atoms with Gasteiger partial charge in [0.2, 0.25) is 0 Å². The average molecular weight is 236 g/mol. The minimum absolute atomic E-state index is 0.306. The van der Waals surface area contributed by atoms with Gasteiger partial charge in [0, 0.05) is 26.2 Å². The second-order valence-electron chi connectivity index (χ2n) is 4.30. The Bertz CT molecular complexity index is 290. The minimum Gasteiger partial charge on any atom is -0.383 e. The lowest BCUT2D eigenvalue weighted by molar-refractivity contribution is 0.0890. The van der Waals surface area contributed by atoms with E-state index in [0.717, 1.165) is 19.5 Å². The molecule has 1 rings (SSSR count). The Morgan fingerprint density at radius 3 is 2.53 bits per heavy atom. The van der Waals surface area contributed by atoms with Gasteiger partial charge in [0.1, 0.15) is 0 Å². The summed E-state index contributed by atoms with van der Waals surface area (Å²) in [5.41, 5.74) is 7.15. The van der Waals surface area contributed by atoms with Crippen LogP contribution in [0.4, 0.5) is 0 Å². The zero-order valence-electron chi connectivity index (χ0n) is 10.9. The van der Waals surface area contributed by atoms with Crippen molar-refractivity contribution in [2.75, 3.05) is 26.8 Å². The SMILES string of the molecule is CCCN(Cc1ccccc1)C(CN)COC. The first-order valence-corrected chi connectivity index (χ1v) is 6.28. The predicted octanol–water partition coefficient (Wildman–Crippen LogP) is 1.87. The van der Waals surface area contributed by atoms with E-state index in [-0.39, 0.29) is 0 Å². The van der Waals surface area contributed by atoms with E-state index in [9.17, 15) is 0 Å².